The van der Waals surface area contributed by atoms with Crippen molar-refractivity contribution in [1.29, 1.82) is 0 Å². The van der Waals surface area contributed by atoms with Crippen LogP contribution in [0.25, 0.3) is 10.8 Å². The molecule has 0 heterocycles. The first-order valence-electron chi connectivity index (χ1n) is 7.11. The molecule has 0 radical (unpaired) electrons. The summed E-state index contributed by atoms with van der Waals surface area (Å²) < 4.78 is 5.79. The van der Waals surface area contributed by atoms with E-state index in [1.54, 1.807) is 0 Å². The zero-order chi connectivity index (χ0) is 13.8. The Morgan fingerprint density at radius 3 is 2.70 bits per heavy atom. The molecule has 0 atom stereocenters. The van der Waals surface area contributed by atoms with E-state index in [0.29, 0.717) is 6.42 Å². The van der Waals surface area contributed by atoms with Crippen LogP contribution in [-0.4, -0.2) is 18.3 Å². The molecule has 0 spiro atoms. The molecule has 0 saturated heterocycles. The molecule has 0 amide bonds. The highest BCUT2D eigenvalue weighted by molar-refractivity contribution is 5.85. The van der Waals surface area contributed by atoms with Gasteiger partial charge in [0.2, 0.25) is 0 Å². The SMILES string of the molecule is OCCC#Cc1ccc2cc(OCC3CC3)ccc2c1. The quantitative estimate of drug-likeness (QED) is 0.860. The third kappa shape index (κ3) is 3.31. The predicted molar refractivity (Wildman–Crippen MR) is 80.7 cm³/mol. The lowest BCUT2D eigenvalue weighted by molar-refractivity contribution is 0.300. The van der Waals surface area contributed by atoms with Gasteiger partial charge in [0.05, 0.1) is 13.2 Å². The lowest BCUT2D eigenvalue weighted by Gasteiger charge is -2.06. The number of rotatable bonds is 4. The standard InChI is InChI=1S/C18H18O2/c19-10-2-1-3-14-6-7-17-12-18(9-8-16(17)11-14)20-13-15-4-5-15/h6-9,11-12,15,19H,2,4-5,10,13H2. The molecule has 102 valence electrons. The monoisotopic (exact) mass is 266 g/mol. The predicted octanol–water partition coefficient (Wildman–Crippen LogP) is 3.36. The number of hydrogen-bond donors (Lipinski definition) is 1. The second-order valence-corrected chi connectivity index (χ2v) is 5.25. The van der Waals surface area contributed by atoms with Crippen molar-refractivity contribution in [2.45, 2.75) is 19.3 Å². The van der Waals surface area contributed by atoms with Crippen LogP contribution < -0.4 is 4.74 Å². The Hall–Kier alpha value is -1.98. The van der Waals surface area contributed by atoms with Gasteiger partial charge in [0.15, 0.2) is 0 Å². The number of aliphatic hydroxyl groups is 1. The van der Waals surface area contributed by atoms with Crippen molar-refractivity contribution < 1.29 is 9.84 Å². The molecular weight excluding hydrogens is 248 g/mol. The van der Waals surface area contributed by atoms with Crippen molar-refractivity contribution in [3.8, 4) is 17.6 Å². The van der Waals surface area contributed by atoms with Crippen molar-refractivity contribution in [3.63, 3.8) is 0 Å². The average Bonchev–Trinajstić information content (AvgIpc) is 3.29. The van der Waals surface area contributed by atoms with E-state index >= 15 is 0 Å². The van der Waals surface area contributed by atoms with Gasteiger partial charge in [-0.15, -0.1) is 0 Å². The Balaban J connectivity index is 1.77. The summed E-state index contributed by atoms with van der Waals surface area (Å²) in [6, 6.07) is 12.3. The van der Waals surface area contributed by atoms with Gasteiger partial charge in [0, 0.05) is 12.0 Å². The number of hydrogen-bond acceptors (Lipinski definition) is 2. The van der Waals surface area contributed by atoms with Crippen LogP contribution >= 0.6 is 0 Å². The molecule has 0 aliphatic heterocycles. The topological polar surface area (TPSA) is 29.5 Å². The summed E-state index contributed by atoms with van der Waals surface area (Å²) in [5.74, 6) is 7.72. The van der Waals surface area contributed by atoms with Crippen LogP contribution in [0.1, 0.15) is 24.8 Å². The first-order chi connectivity index (χ1) is 9.85. The van der Waals surface area contributed by atoms with Crippen LogP contribution in [0.15, 0.2) is 36.4 Å². The van der Waals surface area contributed by atoms with Gasteiger partial charge < -0.3 is 9.84 Å². The van der Waals surface area contributed by atoms with Crippen molar-refractivity contribution >= 4 is 10.8 Å². The maximum Gasteiger partial charge on any atom is 0.119 e. The number of ether oxygens (including phenoxy) is 1. The molecule has 1 saturated carbocycles. The maximum atomic E-state index is 8.72. The molecule has 2 aromatic carbocycles. The number of fused-ring (bicyclic) bond motifs is 1. The third-order valence-electron chi connectivity index (χ3n) is 3.46. The van der Waals surface area contributed by atoms with Gasteiger partial charge in [-0.25, -0.2) is 0 Å². The lowest BCUT2D eigenvalue weighted by atomic mass is 10.1. The summed E-state index contributed by atoms with van der Waals surface area (Å²) in [5, 5.41) is 11.1. The van der Waals surface area contributed by atoms with Crippen molar-refractivity contribution in [2.75, 3.05) is 13.2 Å². The summed E-state index contributed by atoms with van der Waals surface area (Å²) in [4.78, 5) is 0. The van der Waals surface area contributed by atoms with E-state index < -0.39 is 0 Å². The maximum absolute atomic E-state index is 8.72. The largest absolute Gasteiger partial charge is 0.493 e. The minimum atomic E-state index is 0.113. The molecule has 0 bridgehead atoms. The van der Waals surface area contributed by atoms with Gasteiger partial charge in [-0.05, 0) is 53.8 Å². The number of aliphatic hydroxyl groups excluding tert-OH is 1. The van der Waals surface area contributed by atoms with Crippen LogP contribution in [0.2, 0.25) is 0 Å². The molecule has 1 aliphatic carbocycles. The van der Waals surface area contributed by atoms with Gasteiger partial charge in [0.1, 0.15) is 5.75 Å². The van der Waals surface area contributed by atoms with E-state index in [0.717, 1.165) is 23.8 Å². The minimum absolute atomic E-state index is 0.113. The minimum Gasteiger partial charge on any atom is -0.493 e. The normalized spacial score (nSPS) is 13.8. The Kier molecular flexibility index (Phi) is 3.90. The van der Waals surface area contributed by atoms with Crippen LogP contribution in [0.3, 0.4) is 0 Å². The highest BCUT2D eigenvalue weighted by Gasteiger charge is 2.21. The summed E-state index contributed by atoms with van der Waals surface area (Å²) in [6.45, 7) is 0.957. The van der Waals surface area contributed by atoms with Crippen molar-refractivity contribution in [2.24, 2.45) is 5.92 Å². The molecule has 0 aromatic heterocycles. The smallest absolute Gasteiger partial charge is 0.119 e. The Morgan fingerprint density at radius 1 is 1.10 bits per heavy atom. The summed E-state index contributed by atoms with van der Waals surface area (Å²) in [6.07, 6.45) is 3.14. The van der Waals surface area contributed by atoms with Gasteiger partial charge in [-0.1, -0.05) is 24.0 Å². The third-order valence-corrected chi connectivity index (χ3v) is 3.46. The van der Waals surface area contributed by atoms with Crippen LogP contribution in [-0.2, 0) is 0 Å². The van der Waals surface area contributed by atoms with E-state index in [1.807, 2.05) is 12.1 Å². The van der Waals surface area contributed by atoms with E-state index in [-0.39, 0.29) is 6.61 Å². The van der Waals surface area contributed by atoms with Crippen LogP contribution in [0.5, 0.6) is 5.75 Å². The Morgan fingerprint density at radius 2 is 1.90 bits per heavy atom. The molecule has 0 unspecified atom stereocenters. The second kappa shape index (κ2) is 5.98. The first-order valence-corrected chi connectivity index (χ1v) is 7.11. The lowest BCUT2D eigenvalue weighted by Crippen LogP contribution is -1.98. The van der Waals surface area contributed by atoms with Gasteiger partial charge >= 0.3 is 0 Å². The molecule has 1 N–H and O–H groups in total. The van der Waals surface area contributed by atoms with Gasteiger partial charge in [-0.3, -0.25) is 0 Å². The van der Waals surface area contributed by atoms with Crippen molar-refractivity contribution in [1.82, 2.24) is 0 Å². The fourth-order valence-electron chi connectivity index (χ4n) is 2.11. The average molecular weight is 266 g/mol. The van der Waals surface area contributed by atoms with E-state index in [2.05, 4.69) is 36.1 Å². The molecule has 1 aliphatic rings. The highest BCUT2D eigenvalue weighted by atomic mass is 16.5. The zero-order valence-electron chi connectivity index (χ0n) is 11.4. The molecule has 20 heavy (non-hydrogen) atoms. The van der Waals surface area contributed by atoms with Crippen molar-refractivity contribution in [3.05, 3.63) is 42.0 Å². The fraction of sp³-hybridized carbons (Fsp3) is 0.333. The highest BCUT2D eigenvalue weighted by Crippen LogP contribution is 2.30. The molecule has 3 rings (SSSR count). The van der Waals surface area contributed by atoms with Gasteiger partial charge in [0.25, 0.3) is 0 Å². The zero-order valence-corrected chi connectivity index (χ0v) is 11.4. The molecular formula is C18H18O2. The molecule has 1 fully saturated rings. The van der Waals surface area contributed by atoms with E-state index in [1.165, 1.54) is 23.6 Å². The summed E-state index contributed by atoms with van der Waals surface area (Å²) in [7, 11) is 0. The van der Waals surface area contributed by atoms with Crippen LogP contribution in [0, 0.1) is 17.8 Å². The second-order valence-electron chi connectivity index (χ2n) is 5.25. The molecule has 2 heteroatoms. The summed E-state index contributed by atoms with van der Waals surface area (Å²) in [5.41, 5.74) is 0.984. The van der Waals surface area contributed by atoms with Gasteiger partial charge in [-0.2, -0.15) is 0 Å². The number of benzene rings is 2. The Labute approximate surface area is 119 Å². The van der Waals surface area contributed by atoms with E-state index in [9.17, 15) is 0 Å². The van der Waals surface area contributed by atoms with Crippen LogP contribution in [0.4, 0.5) is 0 Å². The first kappa shape index (κ1) is 13.0. The fourth-order valence-corrected chi connectivity index (χ4v) is 2.11. The molecule has 2 nitrogen and oxygen atoms in total. The Bertz CT molecular complexity index is 660. The van der Waals surface area contributed by atoms with E-state index in [4.69, 9.17) is 9.84 Å². The molecule has 2 aromatic rings. The summed E-state index contributed by atoms with van der Waals surface area (Å²) >= 11 is 0.